The SMILES string of the molecule is CCN(C)C(C(=O)NCC(O)c1cccc(OC(C)C)c1)c1ccccc1. The number of aliphatic hydroxyl groups is 1. The molecule has 5 heteroatoms. The average molecular weight is 370 g/mol. The second kappa shape index (κ2) is 10.1. The molecule has 2 aromatic carbocycles. The summed E-state index contributed by atoms with van der Waals surface area (Å²) in [5.41, 5.74) is 1.65. The second-order valence-corrected chi connectivity index (χ2v) is 6.89. The minimum Gasteiger partial charge on any atom is -0.491 e. The molecule has 2 N–H and O–H groups in total. The molecule has 2 aromatic rings. The zero-order chi connectivity index (χ0) is 19.8. The number of nitrogens with zero attached hydrogens (tertiary/aromatic N) is 1. The van der Waals surface area contributed by atoms with Crippen molar-refractivity contribution < 1.29 is 14.6 Å². The van der Waals surface area contributed by atoms with Crippen molar-refractivity contribution in [1.29, 1.82) is 0 Å². The van der Waals surface area contributed by atoms with E-state index in [1.54, 1.807) is 0 Å². The van der Waals surface area contributed by atoms with Gasteiger partial charge in [0.1, 0.15) is 11.8 Å². The maximum Gasteiger partial charge on any atom is 0.242 e. The summed E-state index contributed by atoms with van der Waals surface area (Å²) in [5.74, 6) is 0.583. The minimum absolute atomic E-state index is 0.0632. The van der Waals surface area contributed by atoms with Crippen LogP contribution in [-0.2, 0) is 4.79 Å². The maximum absolute atomic E-state index is 12.8. The van der Waals surface area contributed by atoms with E-state index in [0.29, 0.717) is 11.3 Å². The summed E-state index contributed by atoms with van der Waals surface area (Å²) in [7, 11) is 1.92. The van der Waals surface area contributed by atoms with Crippen molar-refractivity contribution >= 4 is 5.91 Å². The molecule has 0 aliphatic rings. The molecule has 2 atom stereocenters. The monoisotopic (exact) mass is 370 g/mol. The number of ether oxygens (including phenoxy) is 1. The van der Waals surface area contributed by atoms with Crippen LogP contribution >= 0.6 is 0 Å². The third kappa shape index (κ3) is 6.08. The highest BCUT2D eigenvalue weighted by Gasteiger charge is 2.24. The lowest BCUT2D eigenvalue weighted by atomic mass is 10.0. The van der Waals surface area contributed by atoms with Crippen molar-refractivity contribution in [2.75, 3.05) is 20.1 Å². The van der Waals surface area contributed by atoms with Crippen molar-refractivity contribution in [2.24, 2.45) is 0 Å². The van der Waals surface area contributed by atoms with Crippen LogP contribution in [0.3, 0.4) is 0 Å². The summed E-state index contributed by atoms with van der Waals surface area (Å²) in [6.45, 7) is 6.81. The van der Waals surface area contributed by atoms with Crippen molar-refractivity contribution in [3.8, 4) is 5.75 Å². The first kappa shape index (κ1) is 20.9. The van der Waals surface area contributed by atoms with Gasteiger partial charge in [-0.05, 0) is 50.7 Å². The van der Waals surface area contributed by atoms with E-state index in [-0.39, 0.29) is 24.6 Å². The van der Waals surface area contributed by atoms with Crippen LogP contribution < -0.4 is 10.1 Å². The lowest BCUT2D eigenvalue weighted by molar-refractivity contribution is -0.126. The number of amides is 1. The van der Waals surface area contributed by atoms with Gasteiger partial charge in [-0.25, -0.2) is 0 Å². The molecule has 0 fully saturated rings. The molecule has 27 heavy (non-hydrogen) atoms. The molecule has 1 amide bonds. The Morgan fingerprint density at radius 3 is 2.41 bits per heavy atom. The first-order valence-electron chi connectivity index (χ1n) is 9.40. The van der Waals surface area contributed by atoms with Crippen LogP contribution in [0.25, 0.3) is 0 Å². The van der Waals surface area contributed by atoms with Crippen LogP contribution in [0.2, 0.25) is 0 Å². The number of hydrogen-bond donors (Lipinski definition) is 2. The summed E-state index contributed by atoms with van der Waals surface area (Å²) in [6, 6.07) is 16.6. The van der Waals surface area contributed by atoms with E-state index < -0.39 is 6.10 Å². The van der Waals surface area contributed by atoms with Crippen LogP contribution in [0.1, 0.15) is 44.0 Å². The highest BCUT2D eigenvalue weighted by molar-refractivity contribution is 5.83. The van der Waals surface area contributed by atoms with E-state index in [4.69, 9.17) is 4.74 Å². The Morgan fingerprint density at radius 2 is 1.78 bits per heavy atom. The fourth-order valence-corrected chi connectivity index (χ4v) is 2.90. The van der Waals surface area contributed by atoms with Gasteiger partial charge >= 0.3 is 0 Å². The Labute approximate surface area is 162 Å². The first-order chi connectivity index (χ1) is 12.9. The highest BCUT2D eigenvalue weighted by atomic mass is 16.5. The molecule has 146 valence electrons. The van der Waals surface area contributed by atoms with Gasteiger partial charge in [-0.15, -0.1) is 0 Å². The smallest absolute Gasteiger partial charge is 0.242 e. The number of likely N-dealkylation sites (N-methyl/N-ethyl adjacent to an activating group) is 1. The summed E-state index contributed by atoms with van der Waals surface area (Å²) in [4.78, 5) is 14.8. The summed E-state index contributed by atoms with van der Waals surface area (Å²) in [5, 5.41) is 13.4. The molecule has 2 unspecified atom stereocenters. The lowest BCUT2D eigenvalue weighted by Crippen LogP contribution is -2.40. The fraction of sp³-hybridized carbons (Fsp3) is 0.409. The van der Waals surface area contributed by atoms with Crippen molar-refractivity contribution in [3.63, 3.8) is 0 Å². The van der Waals surface area contributed by atoms with Crippen molar-refractivity contribution in [2.45, 2.75) is 39.0 Å². The Hall–Kier alpha value is -2.37. The van der Waals surface area contributed by atoms with Crippen LogP contribution in [0, 0.1) is 0 Å². The topological polar surface area (TPSA) is 61.8 Å². The quantitative estimate of drug-likeness (QED) is 0.711. The van der Waals surface area contributed by atoms with E-state index in [2.05, 4.69) is 5.32 Å². The molecule has 0 aliphatic carbocycles. The van der Waals surface area contributed by atoms with Crippen LogP contribution in [0.5, 0.6) is 5.75 Å². The molecule has 0 heterocycles. The van der Waals surface area contributed by atoms with E-state index in [0.717, 1.165) is 12.1 Å². The predicted molar refractivity (Wildman–Crippen MR) is 108 cm³/mol. The van der Waals surface area contributed by atoms with E-state index in [1.807, 2.05) is 87.3 Å². The molecular weight excluding hydrogens is 340 g/mol. The summed E-state index contributed by atoms with van der Waals surface area (Å²) >= 11 is 0. The highest BCUT2D eigenvalue weighted by Crippen LogP contribution is 2.22. The van der Waals surface area contributed by atoms with Crippen molar-refractivity contribution in [1.82, 2.24) is 10.2 Å². The Morgan fingerprint density at radius 1 is 1.11 bits per heavy atom. The zero-order valence-corrected chi connectivity index (χ0v) is 16.6. The lowest BCUT2D eigenvalue weighted by Gasteiger charge is -2.27. The van der Waals surface area contributed by atoms with Crippen LogP contribution in [-0.4, -0.2) is 42.2 Å². The standard InChI is InChI=1S/C22H30N2O3/c1-5-24(4)21(17-10-7-6-8-11-17)22(26)23-15-20(25)18-12-9-13-19(14-18)27-16(2)3/h6-14,16,20-21,25H,5,15H2,1-4H3,(H,23,26). The number of rotatable bonds is 9. The normalized spacial score (nSPS) is 13.4. The number of benzene rings is 2. The number of aliphatic hydroxyl groups excluding tert-OH is 1. The number of nitrogens with one attached hydrogen (secondary N) is 1. The maximum atomic E-state index is 12.8. The number of carbonyl (C=O) groups excluding carboxylic acids is 1. The van der Waals surface area contributed by atoms with E-state index in [9.17, 15) is 9.90 Å². The molecule has 0 aliphatic heterocycles. The Balaban J connectivity index is 2.04. The predicted octanol–water partition coefficient (Wildman–Crippen LogP) is 3.32. The average Bonchev–Trinajstić information content (AvgIpc) is 2.66. The van der Waals surface area contributed by atoms with E-state index >= 15 is 0 Å². The summed E-state index contributed by atoms with van der Waals surface area (Å²) < 4.78 is 5.67. The summed E-state index contributed by atoms with van der Waals surface area (Å²) in [6.07, 6.45) is -0.735. The van der Waals surface area contributed by atoms with Gasteiger partial charge < -0.3 is 15.2 Å². The molecule has 5 nitrogen and oxygen atoms in total. The van der Waals surface area contributed by atoms with Crippen LogP contribution in [0.4, 0.5) is 0 Å². The molecule has 0 saturated carbocycles. The number of hydrogen-bond acceptors (Lipinski definition) is 4. The van der Waals surface area contributed by atoms with Gasteiger partial charge in [0.25, 0.3) is 0 Å². The molecule has 0 saturated heterocycles. The van der Waals surface area contributed by atoms with E-state index in [1.165, 1.54) is 0 Å². The zero-order valence-electron chi connectivity index (χ0n) is 16.6. The van der Waals surface area contributed by atoms with Gasteiger partial charge in [0, 0.05) is 6.54 Å². The van der Waals surface area contributed by atoms with Gasteiger partial charge in [0.15, 0.2) is 0 Å². The van der Waals surface area contributed by atoms with Gasteiger partial charge in [-0.1, -0.05) is 49.4 Å². The van der Waals surface area contributed by atoms with Crippen LogP contribution in [0.15, 0.2) is 54.6 Å². The van der Waals surface area contributed by atoms with Crippen molar-refractivity contribution in [3.05, 3.63) is 65.7 Å². The Kier molecular flexibility index (Phi) is 7.82. The molecule has 0 aromatic heterocycles. The van der Waals surface area contributed by atoms with Gasteiger partial charge in [0.05, 0.1) is 12.2 Å². The molecule has 0 radical (unpaired) electrons. The molecule has 0 bridgehead atoms. The van der Waals surface area contributed by atoms with Gasteiger partial charge in [-0.2, -0.15) is 0 Å². The molecular formula is C22H30N2O3. The largest absolute Gasteiger partial charge is 0.491 e. The van der Waals surface area contributed by atoms with Gasteiger partial charge in [-0.3, -0.25) is 9.69 Å². The Bertz CT molecular complexity index is 719. The number of carbonyl (C=O) groups is 1. The third-order valence-electron chi connectivity index (χ3n) is 4.39. The third-order valence-corrected chi connectivity index (χ3v) is 4.39. The molecule has 0 spiro atoms. The second-order valence-electron chi connectivity index (χ2n) is 6.89. The minimum atomic E-state index is -0.798. The first-order valence-corrected chi connectivity index (χ1v) is 9.40. The molecule has 2 rings (SSSR count). The van der Waals surface area contributed by atoms with Gasteiger partial charge in [0.2, 0.25) is 5.91 Å². The fourth-order valence-electron chi connectivity index (χ4n) is 2.90.